The van der Waals surface area contributed by atoms with Crippen molar-refractivity contribution in [3.05, 3.63) is 75.9 Å². The average molecular weight is 452 g/mol. The van der Waals surface area contributed by atoms with Crippen molar-refractivity contribution < 1.29 is 19.1 Å². The molecule has 0 spiro atoms. The number of hydrogen-bond acceptors (Lipinski definition) is 7. The van der Waals surface area contributed by atoms with Crippen LogP contribution in [0.15, 0.2) is 58.2 Å². The van der Waals surface area contributed by atoms with Gasteiger partial charge in [0.25, 0.3) is 5.91 Å². The third kappa shape index (κ3) is 3.99. The molecular weight excluding hydrogens is 426 g/mol. The molecule has 0 saturated heterocycles. The molecule has 1 aliphatic rings. The lowest BCUT2D eigenvalue weighted by Gasteiger charge is -2.26. The molecule has 0 fully saturated rings. The first-order valence-corrected chi connectivity index (χ1v) is 11.1. The van der Waals surface area contributed by atoms with E-state index >= 15 is 0 Å². The van der Waals surface area contributed by atoms with Gasteiger partial charge in [0.15, 0.2) is 5.76 Å². The number of thiazole rings is 1. The molecule has 0 saturated carbocycles. The standard InChI is InChI=1S/C24H25N3O4S/c1-14-10-11-17(31-14)19-18(21(29)24(30)27(19)13-12-26(3)4)20(28)22-15(2)25-23(32-22)16-8-6-5-7-9-16/h5-11,19,29H,12-13H2,1-4H3/t19-/m1/s1. The number of aliphatic hydroxyl groups excluding tert-OH is 1. The van der Waals surface area contributed by atoms with Gasteiger partial charge in [-0.3, -0.25) is 9.59 Å². The highest BCUT2D eigenvalue weighted by atomic mass is 32.1. The summed E-state index contributed by atoms with van der Waals surface area (Å²) >= 11 is 1.26. The number of Topliss-reactive ketones (excluding diaryl/α,β-unsaturated/α-hetero) is 1. The number of rotatable bonds is 7. The Bertz CT molecular complexity index is 1190. The molecule has 1 aromatic carbocycles. The van der Waals surface area contributed by atoms with Gasteiger partial charge in [-0.2, -0.15) is 0 Å². The minimum absolute atomic E-state index is 0.0365. The zero-order chi connectivity index (χ0) is 23.0. The van der Waals surface area contributed by atoms with E-state index in [0.29, 0.717) is 40.2 Å². The zero-order valence-electron chi connectivity index (χ0n) is 18.5. The lowest BCUT2D eigenvalue weighted by molar-refractivity contribution is -0.129. The molecule has 1 aliphatic heterocycles. The molecule has 7 nitrogen and oxygen atoms in total. The number of aromatic nitrogens is 1. The number of ketones is 1. The van der Waals surface area contributed by atoms with Gasteiger partial charge in [-0.1, -0.05) is 30.3 Å². The van der Waals surface area contributed by atoms with Crippen molar-refractivity contribution in [1.82, 2.24) is 14.8 Å². The second kappa shape index (κ2) is 8.72. The van der Waals surface area contributed by atoms with Gasteiger partial charge < -0.3 is 19.3 Å². The van der Waals surface area contributed by atoms with Gasteiger partial charge >= 0.3 is 0 Å². The lowest BCUT2D eigenvalue weighted by atomic mass is 9.99. The van der Waals surface area contributed by atoms with Crippen molar-refractivity contribution in [3.63, 3.8) is 0 Å². The molecule has 4 rings (SSSR count). The molecule has 166 valence electrons. The van der Waals surface area contributed by atoms with Crippen molar-refractivity contribution in [2.75, 3.05) is 27.2 Å². The van der Waals surface area contributed by atoms with E-state index in [1.165, 1.54) is 16.2 Å². The number of carbonyl (C=O) groups is 2. The summed E-state index contributed by atoms with van der Waals surface area (Å²) in [7, 11) is 3.80. The normalized spacial score (nSPS) is 16.5. The monoisotopic (exact) mass is 451 g/mol. The topological polar surface area (TPSA) is 86.9 Å². The molecule has 8 heteroatoms. The van der Waals surface area contributed by atoms with Crippen LogP contribution in [0.5, 0.6) is 0 Å². The van der Waals surface area contributed by atoms with Gasteiger partial charge in [0.1, 0.15) is 22.6 Å². The van der Waals surface area contributed by atoms with Gasteiger partial charge in [-0.15, -0.1) is 11.3 Å². The summed E-state index contributed by atoms with van der Waals surface area (Å²) in [6, 6.07) is 12.3. The summed E-state index contributed by atoms with van der Waals surface area (Å²) in [5.41, 5.74) is 1.51. The van der Waals surface area contributed by atoms with Crippen molar-refractivity contribution in [1.29, 1.82) is 0 Å². The smallest absolute Gasteiger partial charge is 0.290 e. The number of furan rings is 1. The van der Waals surface area contributed by atoms with Crippen LogP contribution in [0.4, 0.5) is 0 Å². The number of benzene rings is 1. The van der Waals surface area contributed by atoms with E-state index in [1.54, 1.807) is 26.0 Å². The molecule has 0 bridgehead atoms. The average Bonchev–Trinajstić information content (AvgIpc) is 3.44. The fraction of sp³-hybridized carbons (Fsp3) is 0.292. The van der Waals surface area contributed by atoms with Crippen LogP contribution in [0.25, 0.3) is 10.6 Å². The van der Waals surface area contributed by atoms with Crippen LogP contribution in [0, 0.1) is 13.8 Å². The Hall–Kier alpha value is -3.23. The Kier molecular flexibility index (Phi) is 5.99. The fourth-order valence-corrected chi connectivity index (χ4v) is 4.78. The second-order valence-electron chi connectivity index (χ2n) is 8.04. The minimum Gasteiger partial charge on any atom is -0.503 e. The molecule has 3 aromatic rings. The fourth-order valence-electron chi connectivity index (χ4n) is 3.75. The van der Waals surface area contributed by atoms with Crippen LogP contribution in [-0.2, 0) is 4.79 Å². The van der Waals surface area contributed by atoms with Gasteiger partial charge in [-0.25, -0.2) is 4.98 Å². The van der Waals surface area contributed by atoms with Crippen molar-refractivity contribution in [2.24, 2.45) is 0 Å². The minimum atomic E-state index is -0.787. The summed E-state index contributed by atoms with van der Waals surface area (Å²) in [5.74, 6) is -0.382. The number of amides is 1. The van der Waals surface area contributed by atoms with E-state index in [0.717, 1.165) is 5.56 Å². The predicted molar refractivity (Wildman–Crippen MR) is 123 cm³/mol. The number of likely N-dealkylation sites (N-methyl/N-ethyl adjacent to an activating group) is 1. The Morgan fingerprint density at radius 2 is 1.91 bits per heavy atom. The predicted octanol–water partition coefficient (Wildman–Crippen LogP) is 4.16. The first-order chi connectivity index (χ1) is 15.3. The van der Waals surface area contributed by atoms with Crippen LogP contribution in [0.2, 0.25) is 0 Å². The van der Waals surface area contributed by atoms with E-state index in [-0.39, 0.29) is 5.57 Å². The summed E-state index contributed by atoms with van der Waals surface area (Å²) in [6.07, 6.45) is 0. The van der Waals surface area contributed by atoms with Crippen LogP contribution < -0.4 is 0 Å². The Morgan fingerprint density at radius 3 is 2.53 bits per heavy atom. The lowest BCUT2D eigenvalue weighted by Crippen LogP contribution is -2.36. The molecule has 1 N–H and O–H groups in total. The first kappa shape index (κ1) is 22.0. The molecular formula is C24H25N3O4S. The van der Waals surface area contributed by atoms with Crippen molar-refractivity contribution in [3.8, 4) is 10.6 Å². The Balaban J connectivity index is 1.75. The highest BCUT2D eigenvalue weighted by Gasteiger charge is 2.45. The van der Waals surface area contributed by atoms with E-state index in [1.807, 2.05) is 49.3 Å². The maximum atomic E-state index is 13.7. The molecule has 3 heterocycles. The summed E-state index contributed by atoms with van der Waals surface area (Å²) < 4.78 is 5.80. The maximum absolute atomic E-state index is 13.7. The van der Waals surface area contributed by atoms with E-state index < -0.39 is 23.5 Å². The number of carbonyl (C=O) groups excluding carboxylic acids is 2. The molecule has 2 aromatic heterocycles. The number of aryl methyl sites for hydroxylation is 2. The Morgan fingerprint density at radius 1 is 1.19 bits per heavy atom. The molecule has 1 amide bonds. The number of aliphatic hydroxyl groups is 1. The molecule has 0 unspecified atom stereocenters. The van der Waals surface area contributed by atoms with E-state index in [9.17, 15) is 14.7 Å². The highest BCUT2D eigenvalue weighted by Crippen LogP contribution is 2.41. The van der Waals surface area contributed by atoms with Gasteiger partial charge in [-0.05, 0) is 40.1 Å². The summed E-state index contributed by atoms with van der Waals surface area (Å²) in [4.78, 5) is 35.0. The second-order valence-corrected chi connectivity index (χ2v) is 9.04. The first-order valence-electron chi connectivity index (χ1n) is 10.3. The van der Waals surface area contributed by atoms with Gasteiger partial charge in [0.05, 0.1) is 16.1 Å². The van der Waals surface area contributed by atoms with Crippen LogP contribution in [0.1, 0.15) is 32.9 Å². The zero-order valence-corrected chi connectivity index (χ0v) is 19.3. The van der Waals surface area contributed by atoms with E-state index in [2.05, 4.69) is 4.98 Å². The van der Waals surface area contributed by atoms with Crippen LogP contribution in [-0.4, -0.2) is 58.8 Å². The van der Waals surface area contributed by atoms with Crippen LogP contribution >= 0.6 is 11.3 Å². The molecule has 32 heavy (non-hydrogen) atoms. The van der Waals surface area contributed by atoms with Crippen LogP contribution in [0.3, 0.4) is 0 Å². The van der Waals surface area contributed by atoms with Crippen molar-refractivity contribution >= 4 is 23.0 Å². The van der Waals surface area contributed by atoms with E-state index in [4.69, 9.17) is 4.42 Å². The summed E-state index contributed by atoms with van der Waals surface area (Å²) in [5, 5.41) is 11.5. The number of hydrogen-bond donors (Lipinski definition) is 1. The SMILES string of the molecule is Cc1ccc([C@@H]2C(C(=O)c3sc(-c4ccccc4)nc3C)=C(O)C(=O)N2CCN(C)C)o1. The third-order valence-corrected chi connectivity index (χ3v) is 6.60. The van der Waals surface area contributed by atoms with Gasteiger partial charge in [0, 0.05) is 18.7 Å². The third-order valence-electron chi connectivity index (χ3n) is 5.39. The highest BCUT2D eigenvalue weighted by molar-refractivity contribution is 7.17. The van der Waals surface area contributed by atoms with Gasteiger partial charge in [0.2, 0.25) is 5.78 Å². The number of nitrogens with zero attached hydrogens (tertiary/aromatic N) is 3. The molecule has 1 atom stereocenters. The molecule has 0 radical (unpaired) electrons. The largest absolute Gasteiger partial charge is 0.503 e. The molecule has 0 aliphatic carbocycles. The Labute approximate surface area is 190 Å². The van der Waals surface area contributed by atoms with Crippen molar-refractivity contribution in [2.45, 2.75) is 19.9 Å². The quantitative estimate of drug-likeness (QED) is 0.543. The summed E-state index contributed by atoms with van der Waals surface area (Å²) in [6.45, 7) is 4.48. The maximum Gasteiger partial charge on any atom is 0.290 e.